The molecule has 1 aliphatic heterocycles. The molecule has 0 spiro atoms. The van der Waals surface area contributed by atoms with Gasteiger partial charge in [0.25, 0.3) is 5.91 Å². The zero-order valence-electron chi connectivity index (χ0n) is 11.2. The summed E-state index contributed by atoms with van der Waals surface area (Å²) < 4.78 is 0. The summed E-state index contributed by atoms with van der Waals surface area (Å²) in [6.07, 6.45) is 0. The number of hydrogen-bond donors (Lipinski definition) is 3. The van der Waals surface area contributed by atoms with E-state index < -0.39 is 0 Å². The fourth-order valence-corrected chi connectivity index (χ4v) is 2.16. The number of benzene rings is 1. The highest BCUT2D eigenvalue weighted by Gasteiger charge is 2.18. The number of amides is 1. The Hall–Kier alpha value is -1.56. The van der Waals surface area contributed by atoms with E-state index in [4.69, 9.17) is 11.6 Å². The first kappa shape index (κ1) is 15.8. The zero-order valence-corrected chi connectivity index (χ0v) is 12.8. The van der Waals surface area contributed by atoms with Crippen molar-refractivity contribution >= 4 is 29.9 Å². The summed E-state index contributed by atoms with van der Waals surface area (Å²) in [5, 5.41) is 13.7. The molecular formula is C14H16Cl2N4O. The number of carbonyl (C=O) groups is 1. The Balaban J connectivity index is 0.00000161. The maximum absolute atomic E-state index is 12.0. The first-order chi connectivity index (χ1) is 9.72. The van der Waals surface area contributed by atoms with Gasteiger partial charge in [0.1, 0.15) is 5.69 Å². The lowest BCUT2D eigenvalue weighted by Crippen LogP contribution is -2.48. The molecule has 5 nitrogen and oxygen atoms in total. The van der Waals surface area contributed by atoms with Crippen LogP contribution >= 0.6 is 24.0 Å². The van der Waals surface area contributed by atoms with Gasteiger partial charge in [-0.1, -0.05) is 23.7 Å². The second-order valence-electron chi connectivity index (χ2n) is 4.91. The number of rotatable bonds is 4. The Labute approximate surface area is 133 Å². The molecule has 0 saturated carbocycles. The molecule has 0 bridgehead atoms. The van der Waals surface area contributed by atoms with Crippen LogP contribution in [0, 0.1) is 5.92 Å². The number of nitrogens with zero attached hydrogens (tertiary/aromatic N) is 1. The monoisotopic (exact) mass is 326 g/mol. The van der Waals surface area contributed by atoms with Crippen LogP contribution < -0.4 is 10.6 Å². The van der Waals surface area contributed by atoms with E-state index in [0.717, 1.165) is 24.3 Å². The van der Waals surface area contributed by atoms with Crippen LogP contribution in [0.1, 0.15) is 10.5 Å². The summed E-state index contributed by atoms with van der Waals surface area (Å²) in [6.45, 7) is 2.64. The smallest absolute Gasteiger partial charge is 0.269 e. The third kappa shape index (κ3) is 3.75. The summed E-state index contributed by atoms with van der Waals surface area (Å²) in [4.78, 5) is 12.0. The molecule has 1 saturated heterocycles. The number of hydrogen-bond acceptors (Lipinski definition) is 3. The zero-order chi connectivity index (χ0) is 13.9. The molecule has 1 aromatic heterocycles. The summed E-state index contributed by atoms with van der Waals surface area (Å²) in [5.41, 5.74) is 2.13. The molecule has 2 aromatic rings. The van der Waals surface area contributed by atoms with Crippen molar-refractivity contribution in [3.63, 3.8) is 0 Å². The van der Waals surface area contributed by atoms with Gasteiger partial charge in [-0.05, 0) is 18.2 Å². The van der Waals surface area contributed by atoms with Gasteiger partial charge in [0.2, 0.25) is 0 Å². The molecule has 21 heavy (non-hydrogen) atoms. The van der Waals surface area contributed by atoms with E-state index >= 15 is 0 Å². The Morgan fingerprint density at radius 2 is 2.05 bits per heavy atom. The minimum absolute atomic E-state index is 0. The van der Waals surface area contributed by atoms with Gasteiger partial charge in [0.15, 0.2) is 0 Å². The molecule has 3 rings (SSSR count). The molecule has 0 atom stereocenters. The Kier molecular flexibility index (Phi) is 5.22. The number of halogens is 2. The standard InChI is InChI=1S/C14H15ClN4O.ClH/c15-11-3-1-10(2-4-11)12-5-13(19-18-12)14(20)17-8-9-6-16-7-9;/h1-5,9,16H,6-8H2,(H,17,20)(H,18,19);1H. The lowest BCUT2D eigenvalue weighted by Gasteiger charge is -2.26. The highest BCUT2D eigenvalue weighted by Crippen LogP contribution is 2.20. The normalized spacial score (nSPS) is 14.1. The summed E-state index contributed by atoms with van der Waals surface area (Å²) in [7, 11) is 0. The van der Waals surface area contributed by atoms with Crippen LogP contribution in [0.15, 0.2) is 30.3 Å². The molecule has 7 heteroatoms. The number of aromatic nitrogens is 2. The van der Waals surface area contributed by atoms with Crippen molar-refractivity contribution in [3.05, 3.63) is 41.0 Å². The quantitative estimate of drug-likeness (QED) is 0.805. The molecule has 2 heterocycles. The van der Waals surface area contributed by atoms with Crippen LogP contribution in [-0.4, -0.2) is 35.7 Å². The number of H-pyrrole nitrogens is 1. The van der Waals surface area contributed by atoms with Gasteiger partial charge in [-0.3, -0.25) is 9.89 Å². The number of carbonyl (C=O) groups excluding carboxylic acids is 1. The second kappa shape index (κ2) is 6.93. The number of nitrogens with one attached hydrogen (secondary N) is 3. The van der Waals surface area contributed by atoms with Crippen molar-refractivity contribution in [2.45, 2.75) is 0 Å². The predicted molar refractivity (Wildman–Crippen MR) is 85.0 cm³/mol. The lowest BCUT2D eigenvalue weighted by molar-refractivity contribution is 0.0937. The van der Waals surface area contributed by atoms with Crippen molar-refractivity contribution in [1.82, 2.24) is 20.8 Å². The maximum atomic E-state index is 12.0. The highest BCUT2D eigenvalue weighted by atomic mass is 35.5. The minimum atomic E-state index is -0.121. The molecule has 112 valence electrons. The molecule has 0 radical (unpaired) electrons. The molecular weight excluding hydrogens is 311 g/mol. The summed E-state index contributed by atoms with van der Waals surface area (Å²) >= 11 is 5.85. The van der Waals surface area contributed by atoms with Crippen LogP contribution in [0.25, 0.3) is 11.3 Å². The Bertz CT molecular complexity index is 608. The topological polar surface area (TPSA) is 69.8 Å². The van der Waals surface area contributed by atoms with Gasteiger partial charge in [-0.25, -0.2) is 0 Å². The van der Waals surface area contributed by atoms with Crippen molar-refractivity contribution in [1.29, 1.82) is 0 Å². The van der Waals surface area contributed by atoms with Crippen LogP contribution in [0.3, 0.4) is 0 Å². The van der Waals surface area contributed by atoms with Crippen LogP contribution in [0.4, 0.5) is 0 Å². The van der Waals surface area contributed by atoms with E-state index in [1.54, 1.807) is 18.2 Å². The summed E-state index contributed by atoms with van der Waals surface area (Å²) in [5.74, 6) is 0.419. The van der Waals surface area contributed by atoms with Gasteiger partial charge in [0, 0.05) is 36.1 Å². The van der Waals surface area contributed by atoms with E-state index in [-0.39, 0.29) is 18.3 Å². The van der Waals surface area contributed by atoms with E-state index in [9.17, 15) is 4.79 Å². The lowest BCUT2D eigenvalue weighted by atomic mass is 10.0. The van der Waals surface area contributed by atoms with Gasteiger partial charge >= 0.3 is 0 Å². The minimum Gasteiger partial charge on any atom is -0.350 e. The molecule has 1 amide bonds. The van der Waals surface area contributed by atoms with E-state index in [2.05, 4.69) is 20.8 Å². The largest absolute Gasteiger partial charge is 0.350 e. The van der Waals surface area contributed by atoms with Crippen molar-refractivity contribution in [2.24, 2.45) is 5.92 Å². The Morgan fingerprint density at radius 1 is 1.33 bits per heavy atom. The van der Waals surface area contributed by atoms with Crippen molar-refractivity contribution in [3.8, 4) is 11.3 Å². The van der Waals surface area contributed by atoms with Crippen molar-refractivity contribution in [2.75, 3.05) is 19.6 Å². The molecule has 0 unspecified atom stereocenters. The molecule has 1 aliphatic rings. The third-order valence-electron chi connectivity index (χ3n) is 3.38. The fourth-order valence-electron chi connectivity index (χ4n) is 2.03. The summed E-state index contributed by atoms with van der Waals surface area (Å²) in [6, 6.07) is 9.10. The number of aromatic amines is 1. The van der Waals surface area contributed by atoms with Gasteiger partial charge in [-0.2, -0.15) is 5.10 Å². The first-order valence-electron chi connectivity index (χ1n) is 6.52. The third-order valence-corrected chi connectivity index (χ3v) is 3.63. The first-order valence-corrected chi connectivity index (χ1v) is 6.90. The molecule has 1 fully saturated rings. The van der Waals surface area contributed by atoms with Gasteiger partial charge < -0.3 is 10.6 Å². The van der Waals surface area contributed by atoms with Crippen LogP contribution in [-0.2, 0) is 0 Å². The average molecular weight is 327 g/mol. The van der Waals surface area contributed by atoms with Gasteiger partial charge in [-0.15, -0.1) is 12.4 Å². The van der Waals surface area contributed by atoms with Crippen molar-refractivity contribution < 1.29 is 4.79 Å². The predicted octanol–water partition coefficient (Wildman–Crippen LogP) is 2.10. The van der Waals surface area contributed by atoms with E-state index in [1.165, 1.54) is 0 Å². The van der Waals surface area contributed by atoms with Crippen LogP contribution in [0.2, 0.25) is 5.02 Å². The fraction of sp³-hybridized carbons (Fsp3) is 0.286. The van der Waals surface area contributed by atoms with E-state index in [1.807, 2.05) is 12.1 Å². The molecule has 0 aliphatic carbocycles. The van der Waals surface area contributed by atoms with E-state index in [0.29, 0.717) is 23.2 Å². The van der Waals surface area contributed by atoms with Crippen LogP contribution in [0.5, 0.6) is 0 Å². The molecule has 1 aromatic carbocycles. The SMILES string of the molecule is Cl.O=C(NCC1CNC1)c1cc(-c2ccc(Cl)cc2)n[nH]1. The average Bonchev–Trinajstić information content (AvgIpc) is 2.87. The molecule has 3 N–H and O–H groups in total. The maximum Gasteiger partial charge on any atom is 0.269 e. The van der Waals surface area contributed by atoms with Gasteiger partial charge in [0.05, 0.1) is 5.69 Å². The Morgan fingerprint density at radius 3 is 2.67 bits per heavy atom. The highest BCUT2D eigenvalue weighted by molar-refractivity contribution is 6.30. The second-order valence-corrected chi connectivity index (χ2v) is 5.34.